The first-order valence-corrected chi connectivity index (χ1v) is 7.90. The molecule has 0 amide bonds. The smallest absolute Gasteiger partial charge is 0.336 e. The van der Waals surface area contributed by atoms with Gasteiger partial charge in [0.05, 0.1) is 44.6 Å². The molecule has 3 heterocycles. The largest absolute Gasteiger partial charge is 0.393 e. The first kappa shape index (κ1) is 14.9. The van der Waals surface area contributed by atoms with Gasteiger partial charge in [-0.3, -0.25) is 0 Å². The maximum Gasteiger partial charge on any atom is 0.336 e. The molecule has 4 atom stereocenters. The third kappa shape index (κ3) is 3.04. The Morgan fingerprint density at radius 2 is 1.35 bits per heavy atom. The molecule has 4 rings (SSSR count). The number of aliphatic hydroxyl groups excluding tert-OH is 1. The normalized spacial score (nSPS) is 31.2. The summed E-state index contributed by atoms with van der Waals surface area (Å²) in [5.74, 6) is 0.133. The lowest BCUT2D eigenvalue weighted by molar-refractivity contribution is 0.253. The molecule has 4 unspecified atom stereocenters. The molecule has 0 spiro atoms. The van der Waals surface area contributed by atoms with Crippen molar-refractivity contribution in [3.05, 3.63) is 31.5 Å². The lowest BCUT2D eigenvalue weighted by Gasteiger charge is -2.12. The Kier molecular flexibility index (Phi) is 3.51. The molecule has 1 N–H and O–H groups in total. The van der Waals surface area contributed by atoms with Crippen LogP contribution in [0.1, 0.15) is 12.8 Å². The van der Waals surface area contributed by atoms with Crippen LogP contribution in [-0.4, -0.2) is 50.3 Å². The van der Waals surface area contributed by atoms with Gasteiger partial charge >= 0.3 is 17.1 Å². The molecule has 0 aromatic carbocycles. The molecular formula is C14H19N3O6. The fraction of sp³-hybridized carbons (Fsp3) is 0.786. The summed E-state index contributed by atoms with van der Waals surface area (Å²) in [6.45, 7) is 1.57. The van der Waals surface area contributed by atoms with E-state index in [4.69, 9.17) is 9.47 Å². The van der Waals surface area contributed by atoms with Crippen LogP contribution in [0, 0.1) is 5.92 Å². The predicted octanol–water partition coefficient (Wildman–Crippen LogP) is -2.26. The Morgan fingerprint density at radius 1 is 0.913 bits per heavy atom. The van der Waals surface area contributed by atoms with E-state index in [1.54, 1.807) is 0 Å². The Balaban J connectivity index is 1.70. The van der Waals surface area contributed by atoms with E-state index in [9.17, 15) is 19.5 Å². The van der Waals surface area contributed by atoms with Gasteiger partial charge in [0.1, 0.15) is 0 Å². The minimum absolute atomic E-state index is 0.133. The monoisotopic (exact) mass is 325 g/mol. The molecule has 2 aliphatic heterocycles. The predicted molar refractivity (Wildman–Crippen MR) is 77.4 cm³/mol. The molecule has 1 aromatic rings. The Bertz CT molecular complexity index is 733. The third-order valence-corrected chi connectivity index (χ3v) is 4.57. The Morgan fingerprint density at radius 3 is 1.74 bits per heavy atom. The average molecular weight is 325 g/mol. The highest BCUT2D eigenvalue weighted by Crippen LogP contribution is 2.33. The Labute approximate surface area is 130 Å². The van der Waals surface area contributed by atoms with E-state index in [1.807, 2.05) is 0 Å². The van der Waals surface area contributed by atoms with Crippen molar-refractivity contribution >= 4 is 0 Å². The van der Waals surface area contributed by atoms with E-state index in [2.05, 4.69) is 0 Å². The molecule has 0 radical (unpaired) electrons. The molecule has 0 bridgehead atoms. The molecule has 9 nitrogen and oxygen atoms in total. The van der Waals surface area contributed by atoms with Crippen LogP contribution >= 0.6 is 0 Å². The van der Waals surface area contributed by atoms with Gasteiger partial charge in [-0.15, -0.1) is 0 Å². The molecule has 126 valence electrons. The summed E-state index contributed by atoms with van der Waals surface area (Å²) in [5.41, 5.74) is -1.80. The number of ether oxygens (including phenoxy) is 2. The first-order chi connectivity index (χ1) is 11.0. The standard InChI is InChI=1S/C14H19N3O6/c18-11-3-8(11)1-2-15-12(19)16(4-9-6-22-9)14(21)17(13(15)20)5-10-7-23-10/h8-11,18H,1-7H2. The maximum absolute atomic E-state index is 12.5. The van der Waals surface area contributed by atoms with Crippen molar-refractivity contribution in [1.29, 1.82) is 0 Å². The summed E-state index contributed by atoms with van der Waals surface area (Å²) in [4.78, 5) is 37.5. The first-order valence-electron chi connectivity index (χ1n) is 7.90. The quantitative estimate of drug-likeness (QED) is 0.567. The van der Waals surface area contributed by atoms with Gasteiger partial charge < -0.3 is 14.6 Å². The molecule has 2 saturated heterocycles. The molecule has 1 saturated carbocycles. The van der Waals surface area contributed by atoms with Crippen LogP contribution in [0.4, 0.5) is 0 Å². The van der Waals surface area contributed by atoms with Gasteiger partial charge in [-0.25, -0.2) is 28.1 Å². The summed E-state index contributed by atoms with van der Waals surface area (Å²) >= 11 is 0. The van der Waals surface area contributed by atoms with Crippen LogP contribution in [0.25, 0.3) is 0 Å². The SMILES string of the molecule is O=c1n(CCC2CC2O)c(=O)n(CC2CO2)c(=O)n1CC1CO1. The maximum atomic E-state index is 12.5. The molecule has 9 heteroatoms. The van der Waals surface area contributed by atoms with Gasteiger partial charge in [-0.1, -0.05) is 0 Å². The Hall–Kier alpha value is -1.71. The zero-order valence-electron chi connectivity index (χ0n) is 12.6. The van der Waals surface area contributed by atoms with E-state index in [-0.39, 0.29) is 43.9 Å². The highest BCUT2D eigenvalue weighted by atomic mass is 16.6. The zero-order chi connectivity index (χ0) is 16.1. The van der Waals surface area contributed by atoms with Gasteiger partial charge in [0.15, 0.2) is 0 Å². The second-order valence-electron chi connectivity index (χ2n) is 6.48. The summed E-state index contributed by atoms with van der Waals surface area (Å²) in [6.07, 6.45) is 0.644. The van der Waals surface area contributed by atoms with Gasteiger partial charge in [0, 0.05) is 6.54 Å². The number of aliphatic hydroxyl groups is 1. The molecule has 3 fully saturated rings. The minimum atomic E-state index is -0.603. The summed E-state index contributed by atoms with van der Waals surface area (Å²) in [6, 6.07) is 0. The summed E-state index contributed by atoms with van der Waals surface area (Å²) < 4.78 is 13.4. The van der Waals surface area contributed by atoms with Crippen molar-refractivity contribution in [2.45, 2.75) is 50.8 Å². The van der Waals surface area contributed by atoms with Crippen molar-refractivity contribution in [3.63, 3.8) is 0 Å². The highest BCUT2D eigenvalue weighted by molar-refractivity contribution is 4.88. The molecular weight excluding hydrogens is 306 g/mol. The number of nitrogens with zero attached hydrogens (tertiary/aromatic N) is 3. The van der Waals surface area contributed by atoms with Crippen LogP contribution in [0.15, 0.2) is 14.4 Å². The van der Waals surface area contributed by atoms with Gasteiger partial charge in [-0.05, 0) is 18.8 Å². The second-order valence-corrected chi connectivity index (χ2v) is 6.48. The van der Waals surface area contributed by atoms with Gasteiger partial charge in [-0.2, -0.15) is 0 Å². The lowest BCUT2D eigenvalue weighted by Crippen LogP contribution is -2.55. The molecule has 3 aliphatic rings. The van der Waals surface area contributed by atoms with Gasteiger partial charge in [0.25, 0.3) is 0 Å². The molecule has 1 aromatic heterocycles. The minimum Gasteiger partial charge on any atom is -0.393 e. The number of epoxide rings is 2. The van der Waals surface area contributed by atoms with Crippen LogP contribution in [-0.2, 0) is 29.1 Å². The van der Waals surface area contributed by atoms with Crippen molar-refractivity contribution in [1.82, 2.24) is 13.7 Å². The highest BCUT2D eigenvalue weighted by Gasteiger charge is 2.35. The fourth-order valence-electron chi connectivity index (χ4n) is 2.78. The number of hydrogen-bond donors (Lipinski definition) is 1. The zero-order valence-corrected chi connectivity index (χ0v) is 12.6. The number of aromatic nitrogens is 3. The van der Waals surface area contributed by atoms with E-state index in [0.29, 0.717) is 26.1 Å². The van der Waals surface area contributed by atoms with E-state index >= 15 is 0 Å². The summed E-state index contributed by atoms with van der Waals surface area (Å²) in [5, 5.41) is 9.39. The van der Waals surface area contributed by atoms with Crippen molar-refractivity contribution in [2.75, 3.05) is 13.2 Å². The van der Waals surface area contributed by atoms with Crippen LogP contribution in [0.5, 0.6) is 0 Å². The van der Waals surface area contributed by atoms with Crippen molar-refractivity contribution in [3.8, 4) is 0 Å². The fourth-order valence-corrected chi connectivity index (χ4v) is 2.78. The van der Waals surface area contributed by atoms with Crippen LogP contribution in [0.3, 0.4) is 0 Å². The lowest BCUT2D eigenvalue weighted by atomic mass is 10.3. The van der Waals surface area contributed by atoms with E-state index < -0.39 is 17.1 Å². The third-order valence-electron chi connectivity index (χ3n) is 4.57. The van der Waals surface area contributed by atoms with Crippen molar-refractivity contribution in [2.24, 2.45) is 5.92 Å². The van der Waals surface area contributed by atoms with Gasteiger partial charge in [0.2, 0.25) is 0 Å². The number of hydrogen-bond acceptors (Lipinski definition) is 6. The topological polar surface area (TPSA) is 111 Å². The van der Waals surface area contributed by atoms with E-state index in [1.165, 1.54) is 0 Å². The second kappa shape index (κ2) is 5.43. The van der Waals surface area contributed by atoms with E-state index in [0.717, 1.165) is 13.7 Å². The van der Waals surface area contributed by atoms with Crippen LogP contribution in [0.2, 0.25) is 0 Å². The summed E-state index contributed by atoms with van der Waals surface area (Å²) in [7, 11) is 0. The molecule has 23 heavy (non-hydrogen) atoms. The van der Waals surface area contributed by atoms with Crippen molar-refractivity contribution < 1.29 is 14.6 Å². The number of rotatable bonds is 7. The molecule has 1 aliphatic carbocycles. The van der Waals surface area contributed by atoms with Crippen LogP contribution < -0.4 is 17.1 Å². The average Bonchev–Trinajstić information content (AvgIpc) is 3.36.